The van der Waals surface area contributed by atoms with Crippen LogP contribution in [0.2, 0.25) is 0 Å². The second-order valence-electron chi connectivity index (χ2n) is 10.8. The topological polar surface area (TPSA) is 35.0 Å². The van der Waals surface area contributed by atoms with Gasteiger partial charge in [0.1, 0.15) is 0 Å². The van der Waals surface area contributed by atoms with E-state index in [9.17, 15) is 0 Å². The molecule has 1 aromatic carbocycles. The number of halogens is 1. The minimum atomic E-state index is -2.14. The molecule has 0 spiro atoms. The first-order chi connectivity index (χ1) is 16.2. The van der Waals surface area contributed by atoms with E-state index < -0.39 is 6.60 Å². The van der Waals surface area contributed by atoms with Crippen LogP contribution < -0.4 is 11.5 Å². The summed E-state index contributed by atoms with van der Waals surface area (Å²) in [7, 11) is 0. The van der Waals surface area contributed by atoms with Gasteiger partial charge in [0.05, 0.1) is 0 Å². The Balaban J connectivity index is 0. The van der Waals surface area contributed by atoms with Gasteiger partial charge in [-0.1, -0.05) is 0 Å². The third-order valence-electron chi connectivity index (χ3n) is 8.14. The number of hydrogen-bond acceptors (Lipinski definition) is 1. The number of benzene rings is 1. The minimum absolute atomic E-state index is 0. The predicted molar refractivity (Wildman–Crippen MR) is 170 cm³/mol. The van der Waals surface area contributed by atoms with Crippen LogP contribution in [0.1, 0.15) is 136 Å². The third-order valence-corrected chi connectivity index (χ3v) is 15.1. The molecule has 0 aliphatic carbocycles. The molecule has 1 rings (SSSR count). The second-order valence-corrected chi connectivity index (χ2v) is 16.7. The maximum absolute atomic E-state index is 4.62. The quantitative estimate of drug-likeness (QED) is 0.111. The van der Waals surface area contributed by atoms with Crippen LogP contribution in [0, 0.1) is 0 Å². The van der Waals surface area contributed by atoms with Crippen molar-refractivity contribution in [3.63, 3.8) is 0 Å². The van der Waals surface area contributed by atoms with Crippen LogP contribution in [0.3, 0.4) is 0 Å². The fourth-order valence-corrected chi connectivity index (χ4v) is 12.0. The first-order valence-corrected chi connectivity index (χ1v) is 17.7. The van der Waals surface area contributed by atoms with E-state index in [4.69, 9.17) is 0 Å². The van der Waals surface area contributed by atoms with Crippen molar-refractivity contribution in [1.29, 1.82) is 0 Å². The van der Waals surface area contributed by atoms with Gasteiger partial charge in [0.25, 0.3) is 0 Å². The zero-order valence-corrected chi connectivity index (χ0v) is 25.8. The molecule has 0 amide bonds. The van der Waals surface area contributed by atoms with Crippen LogP contribution in [0.15, 0.2) is 42.7 Å². The van der Waals surface area contributed by atoms with Gasteiger partial charge in [0, 0.05) is 0 Å². The average molecular weight is 528 g/mol. The third kappa shape index (κ3) is 13.7. The maximum Gasteiger partial charge on any atom is -0.147 e. The van der Waals surface area contributed by atoms with Gasteiger partial charge in [-0.3, -0.25) is 0 Å². The van der Waals surface area contributed by atoms with Crippen LogP contribution in [-0.2, 0) is 0 Å². The summed E-state index contributed by atoms with van der Waals surface area (Å²) < 4.78 is 0. The summed E-state index contributed by atoms with van der Waals surface area (Å²) in [5, 5.41) is 1.68. The van der Waals surface area contributed by atoms with Crippen molar-refractivity contribution in [2.75, 3.05) is 18.5 Å². The standard InChI is InChI=1S/C32H59P.ClH.H3N/c1-5-9-12-15-18-24-29-33(8-4,32-27-22-21-23-28-32,30-25-19-16-13-10-6-2)31-26-20-17-14-11-7-3;;/h8,21-23,27-28H,4-7,9-20,24-26,29-31H2,1-3H3;1H;1H3. The number of hydrogen-bond donors (Lipinski definition) is 1. The van der Waals surface area contributed by atoms with Crippen LogP contribution in [0.4, 0.5) is 0 Å². The average Bonchev–Trinajstić information content (AvgIpc) is 2.86. The van der Waals surface area contributed by atoms with Crippen LogP contribution in [-0.4, -0.2) is 18.5 Å². The van der Waals surface area contributed by atoms with Gasteiger partial charge < -0.3 is 6.15 Å². The molecule has 208 valence electrons. The van der Waals surface area contributed by atoms with Crippen molar-refractivity contribution in [1.82, 2.24) is 6.15 Å². The molecule has 35 heavy (non-hydrogen) atoms. The molecule has 0 atom stereocenters. The van der Waals surface area contributed by atoms with Crippen molar-refractivity contribution in [2.45, 2.75) is 136 Å². The maximum atomic E-state index is 4.62. The molecule has 3 heteroatoms. The monoisotopic (exact) mass is 527 g/mol. The Labute approximate surface area is 227 Å². The fraction of sp³-hybridized carbons (Fsp3) is 0.750. The van der Waals surface area contributed by atoms with E-state index in [1.807, 2.05) is 0 Å². The second kappa shape index (κ2) is 22.8. The summed E-state index contributed by atoms with van der Waals surface area (Å²) in [5.74, 6) is 2.56. The van der Waals surface area contributed by atoms with E-state index in [1.54, 1.807) is 5.30 Å². The first-order valence-electron chi connectivity index (χ1n) is 14.9. The summed E-state index contributed by atoms with van der Waals surface area (Å²) in [6, 6.07) is 11.8. The van der Waals surface area contributed by atoms with Gasteiger partial charge in [-0.15, -0.1) is 12.4 Å². The molecule has 0 fully saturated rings. The number of unbranched alkanes of at least 4 members (excludes halogenated alkanes) is 15. The minimum Gasteiger partial charge on any atom is -0.344 e. The van der Waals surface area contributed by atoms with Gasteiger partial charge in [0.2, 0.25) is 0 Å². The zero-order chi connectivity index (χ0) is 24.1. The van der Waals surface area contributed by atoms with Crippen LogP contribution in [0.5, 0.6) is 0 Å². The van der Waals surface area contributed by atoms with Gasteiger partial charge >= 0.3 is 209 Å². The van der Waals surface area contributed by atoms with Crippen LogP contribution >= 0.6 is 19.0 Å². The molecule has 0 heterocycles. The number of rotatable bonds is 23. The van der Waals surface area contributed by atoms with Crippen molar-refractivity contribution in [2.24, 2.45) is 0 Å². The Kier molecular flexibility index (Phi) is 24.0. The summed E-state index contributed by atoms with van der Waals surface area (Å²) in [6.07, 6.45) is 29.4. The fourth-order valence-electron chi connectivity index (χ4n) is 5.79. The molecule has 0 radical (unpaired) electrons. The Hall–Kier alpha value is -0.360. The smallest absolute Gasteiger partial charge is 0.147 e. The molecule has 1 nitrogen and oxygen atoms in total. The predicted octanol–water partition coefficient (Wildman–Crippen LogP) is 11.7. The van der Waals surface area contributed by atoms with Crippen molar-refractivity contribution in [3.8, 4) is 0 Å². The van der Waals surface area contributed by atoms with E-state index in [1.165, 1.54) is 134 Å². The largest absolute Gasteiger partial charge is 0.344 e. The molecular weight excluding hydrogens is 465 g/mol. The van der Waals surface area contributed by atoms with E-state index in [0.717, 1.165) is 0 Å². The Morgan fingerprint density at radius 2 is 0.857 bits per heavy atom. The summed E-state index contributed by atoms with van der Waals surface area (Å²) >= 11 is 0. The summed E-state index contributed by atoms with van der Waals surface area (Å²) in [6.45, 7) is 9.44. The molecule has 0 aliphatic heterocycles. The molecule has 0 aliphatic rings. The molecular formula is C32H63ClNP. The Morgan fingerprint density at radius 1 is 0.543 bits per heavy atom. The van der Waals surface area contributed by atoms with Gasteiger partial charge in [-0.25, -0.2) is 0 Å². The van der Waals surface area contributed by atoms with Crippen molar-refractivity contribution < 1.29 is 0 Å². The molecule has 0 saturated heterocycles. The zero-order valence-electron chi connectivity index (χ0n) is 24.1. The molecule has 0 aromatic heterocycles. The molecule has 0 bridgehead atoms. The summed E-state index contributed by atoms with van der Waals surface area (Å²) in [4.78, 5) is 0. The van der Waals surface area contributed by atoms with Crippen LogP contribution in [0.25, 0.3) is 0 Å². The van der Waals surface area contributed by atoms with Crippen molar-refractivity contribution in [3.05, 3.63) is 42.7 Å². The first kappa shape index (κ1) is 36.8. The molecule has 0 unspecified atom stereocenters. The molecule has 1 aromatic rings. The summed E-state index contributed by atoms with van der Waals surface area (Å²) in [5.41, 5.74) is 0. The Bertz CT molecular complexity index is 545. The van der Waals surface area contributed by atoms with Crippen molar-refractivity contribution >= 4 is 24.3 Å². The van der Waals surface area contributed by atoms with Gasteiger partial charge in [-0.05, 0) is 0 Å². The van der Waals surface area contributed by atoms with Gasteiger partial charge in [-0.2, -0.15) is 0 Å². The molecule has 0 saturated carbocycles. The van der Waals surface area contributed by atoms with E-state index in [0.29, 0.717) is 0 Å². The Morgan fingerprint density at radius 3 is 1.17 bits per heavy atom. The van der Waals surface area contributed by atoms with E-state index >= 15 is 0 Å². The van der Waals surface area contributed by atoms with Gasteiger partial charge in [0.15, 0.2) is 0 Å². The SMILES string of the molecule is C=CP(CCCCCCCC)(CCCCCCCC)(CCCCCCCC)c1ccccc1.Cl.N. The normalized spacial score (nSPS) is 12.3. The van der Waals surface area contributed by atoms with E-state index in [2.05, 4.69) is 63.5 Å². The van der Waals surface area contributed by atoms with E-state index in [-0.39, 0.29) is 18.6 Å². The molecule has 3 N–H and O–H groups in total.